The van der Waals surface area contributed by atoms with Gasteiger partial charge in [0, 0.05) is 25.4 Å². The first-order valence-electron chi connectivity index (χ1n) is 12.4. The summed E-state index contributed by atoms with van der Waals surface area (Å²) in [7, 11) is 1.59. The smallest absolute Gasteiger partial charge is 0.407 e. The fourth-order valence-corrected chi connectivity index (χ4v) is 5.53. The van der Waals surface area contributed by atoms with E-state index >= 15 is 0 Å². The number of benzene rings is 2. The molecule has 4 rings (SSSR count). The second-order valence-corrected chi connectivity index (χ2v) is 9.74. The van der Waals surface area contributed by atoms with E-state index in [0.717, 1.165) is 30.4 Å². The van der Waals surface area contributed by atoms with Gasteiger partial charge in [0.2, 0.25) is 5.91 Å². The highest BCUT2D eigenvalue weighted by Crippen LogP contribution is 2.44. The Morgan fingerprint density at radius 2 is 1.60 bits per heavy atom. The molecular weight excluding hydrogens is 444 g/mol. The molecule has 7 heteroatoms. The maximum Gasteiger partial charge on any atom is 0.407 e. The van der Waals surface area contributed by atoms with Crippen molar-refractivity contribution in [2.45, 2.75) is 56.9 Å². The summed E-state index contributed by atoms with van der Waals surface area (Å²) in [6.45, 7) is 2.28. The van der Waals surface area contributed by atoms with Crippen LogP contribution in [-0.2, 0) is 14.3 Å². The molecule has 7 nitrogen and oxygen atoms in total. The third kappa shape index (κ3) is 4.90. The molecule has 2 amide bonds. The number of carboxylic acid groups (broad SMARTS) is 1. The highest BCUT2D eigenvalue weighted by molar-refractivity contribution is 5.88. The molecule has 1 saturated carbocycles. The van der Waals surface area contributed by atoms with E-state index in [1.807, 2.05) is 24.3 Å². The number of amides is 2. The van der Waals surface area contributed by atoms with Gasteiger partial charge in [-0.1, -0.05) is 74.7 Å². The van der Waals surface area contributed by atoms with Crippen LogP contribution in [0.15, 0.2) is 48.5 Å². The van der Waals surface area contributed by atoms with Crippen LogP contribution in [0.1, 0.15) is 62.5 Å². The lowest BCUT2D eigenvalue weighted by atomic mass is 9.80. The first kappa shape index (κ1) is 24.8. The summed E-state index contributed by atoms with van der Waals surface area (Å²) >= 11 is 0. The topological polar surface area (TPSA) is 95.9 Å². The highest BCUT2D eigenvalue weighted by atomic mass is 16.5. The van der Waals surface area contributed by atoms with Crippen LogP contribution >= 0.6 is 0 Å². The van der Waals surface area contributed by atoms with Gasteiger partial charge in [-0.2, -0.15) is 0 Å². The summed E-state index contributed by atoms with van der Waals surface area (Å²) in [5.74, 6) is -1.56. The molecule has 1 fully saturated rings. The van der Waals surface area contributed by atoms with Crippen molar-refractivity contribution in [3.05, 3.63) is 59.7 Å². The molecule has 0 spiro atoms. The molecule has 186 valence electrons. The van der Waals surface area contributed by atoms with Crippen molar-refractivity contribution in [2.75, 3.05) is 20.2 Å². The molecule has 0 heterocycles. The van der Waals surface area contributed by atoms with E-state index in [-0.39, 0.29) is 25.0 Å². The number of carbonyl (C=O) groups is 3. The number of nitrogens with zero attached hydrogens (tertiary/aromatic N) is 1. The van der Waals surface area contributed by atoms with Crippen LogP contribution in [0.25, 0.3) is 11.1 Å². The van der Waals surface area contributed by atoms with Gasteiger partial charge in [-0.15, -0.1) is 0 Å². The normalized spacial score (nSPS) is 17.1. The van der Waals surface area contributed by atoms with E-state index in [0.29, 0.717) is 19.3 Å². The zero-order valence-electron chi connectivity index (χ0n) is 20.5. The van der Waals surface area contributed by atoms with Gasteiger partial charge >= 0.3 is 12.1 Å². The molecule has 2 aliphatic carbocycles. The molecule has 0 bridgehead atoms. The monoisotopic (exact) mass is 478 g/mol. The Morgan fingerprint density at radius 3 is 2.17 bits per heavy atom. The number of carbonyl (C=O) groups excluding carboxylic acids is 2. The molecule has 2 aromatic rings. The highest BCUT2D eigenvalue weighted by Gasteiger charge is 2.46. The number of alkyl carbamates (subject to hydrolysis) is 1. The molecular formula is C28H34N2O5. The molecule has 0 radical (unpaired) electrons. The lowest BCUT2D eigenvalue weighted by Crippen LogP contribution is -2.57. The fraction of sp³-hybridized carbons (Fsp3) is 0.464. The number of rotatable bonds is 8. The zero-order valence-corrected chi connectivity index (χ0v) is 20.5. The number of fused-ring (bicyclic) bond motifs is 3. The first-order chi connectivity index (χ1) is 16.8. The van der Waals surface area contributed by atoms with E-state index in [1.165, 1.54) is 16.0 Å². The van der Waals surface area contributed by atoms with Crippen LogP contribution in [-0.4, -0.2) is 53.7 Å². The zero-order chi connectivity index (χ0) is 25.0. The largest absolute Gasteiger partial charge is 0.479 e. The van der Waals surface area contributed by atoms with Gasteiger partial charge in [-0.3, -0.25) is 4.79 Å². The lowest BCUT2D eigenvalue weighted by molar-refractivity contribution is -0.161. The van der Waals surface area contributed by atoms with E-state index in [4.69, 9.17) is 4.74 Å². The maximum atomic E-state index is 13.0. The third-order valence-electron chi connectivity index (χ3n) is 7.66. The van der Waals surface area contributed by atoms with E-state index in [2.05, 4.69) is 29.6 Å². The number of carboxylic acids is 1. The van der Waals surface area contributed by atoms with Crippen molar-refractivity contribution in [1.29, 1.82) is 0 Å². The summed E-state index contributed by atoms with van der Waals surface area (Å²) in [6.07, 6.45) is 3.46. The number of aliphatic carboxylic acids is 1. The van der Waals surface area contributed by atoms with Crippen molar-refractivity contribution in [3.8, 4) is 11.1 Å². The number of likely N-dealkylation sites (N-methyl/N-ethyl adjacent to an activating group) is 1. The minimum Gasteiger partial charge on any atom is -0.479 e. The SMILES string of the molecule is CC(CCNC(=O)OCC1c2ccccc2-c2ccccc21)C(=O)N(C)C1(C(=O)O)CCCCC1. The van der Waals surface area contributed by atoms with Gasteiger partial charge in [0.15, 0.2) is 0 Å². The molecule has 0 aliphatic heterocycles. The van der Waals surface area contributed by atoms with Crippen LogP contribution in [0.5, 0.6) is 0 Å². The standard InChI is InChI=1S/C28H34N2O5/c1-19(25(31)30(2)28(26(32)33)15-8-3-9-16-28)14-17-29-27(34)35-18-24-22-12-6-4-10-20(22)21-11-5-7-13-23(21)24/h4-7,10-13,19,24H,3,8-9,14-18H2,1-2H3,(H,29,34)(H,32,33). The average Bonchev–Trinajstić information content (AvgIpc) is 3.20. The lowest BCUT2D eigenvalue weighted by Gasteiger charge is -2.42. The van der Waals surface area contributed by atoms with E-state index in [9.17, 15) is 19.5 Å². The fourth-order valence-electron chi connectivity index (χ4n) is 5.53. The minimum absolute atomic E-state index is 0.00926. The second kappa shape index (κ2) is 10.5. The van der Waals surface area contributed by atoms with Crippen LogP contribution in [0.3, 0.4) is 0 Å². The van der Waals surface area contributed by atoms with Crippen molar-refractivity contribution in [2.24, 2.45) is 5.92 Å². The van der Waals surface area contributed by atoms with Gasteiger partial charge in [0.25, 0.3) is 0 Å². The Balaban J connectivity index is 1.27. The average molecular weight is 479 g/mol. The molecule has 2 aromatic carbocycles. The van der Waals surface area contributed by atoms with E-state index in [1.54, 1.807) is 14.0 Å². The molecule has 1 atom stereocenters. The van der Waals surface area contributed by atoms with Gasteiger partial charge in [0.1, 0.15) is 12.1 Å². The van der Waals surface area contributed by atoms with Crippen LogP contribution in [0.4, 0.5) is 4.79 Å². The molecule has 2 aliphatic rings. The Bertz CT molecular complexity index is 1050. The van der Waals surface area contributed by atoms with Crippen molar-refractivity contribution < 1.29 is 24.2 Å². The molecule has 1 unspecified atom stereocenters. The minimum atomic E-state index is -1.12. The van der Waals surface area contributed by atoms with Crippen molar-refractivity contribution in [1.82, 2.24) is 10.2 Å². The summed E-state index contributed by atoms with van der Waals surface area (Å²) in [5, 5.41) is 12.6. The van der Waals surface area contributed by atoms with Crippen LogP contribution in [0.2, 0.25) is 0 Å². The molecule has 0 aromatic heterocycles. The Morgan fingerprint density at radius 1 is 1.03 bits per heavy atom. The molecule has 0 saturated heterocycles. The maximum absolute atomic E-state index is 13.0. The second-order valence-electron chi connectivity index (χ2n) is 9.74. The number of hydrogen-bond donors (Lipinski definition) is 2. The number of nitrogens with one attached hydrogen (secondary N) is 1. The van der Waals surface area contributed by atoms with Gasteiger partial charge in [0.05, 0.1) is 0 Å². The number of hydrogen-bond acceptors (Lipinski definition) is 4. The molecule has 35 heavy (non-hydrogen) atoms. The van der Waals surface area contributed by atoms with Gasteiger partial charge < -0.3 is 20.1 Å². The number of ether oxygens (including phenoxy) is 1. The first-order valence-corrected chi connectivity index (χ1v) is 12.4. The molecule has 2 N–H and O–H groups in total. The van der Waals surface area contributed by atoms with Crippen molar-refractivity contribution in [3.63, 3.8) is 0 Å². The van der Waals surface area contributed by atoms with E-state index < -0.39 is 23.5 Å². The summed E-state index contributed by atoms with van der Waals surface area (Å²) in [6, 6.07) is 16.3. The van der Waals surface area contributed by atoms with Crippen LogP contribution < -0.4 is 5.32 Å². The predicted molar refractivity (Wildman–Crippen MR) is 133 cm³/mol. The quantitative estimate of drug-likeness (QED) is 0.568. The Labute approximate surface area is 206 Å². The Kier molecular flexibility index (Phi) is 7.43. The summed E-state index contributed by atoms with van der Waals surface area (Å²) in [4.78, 5) is 38.8. The summed E-state index contributed by atoms with van der Waals surface area (Å²) < 4.78 is 5.55. The van der Waals surface area contributed by atoms with Gasteiger partial charge in [-0.05, 0) is 41.5 Å². The van der Waals surface area contributed by atoms with Crippen molar-refractivity contribution >= 4 is 18.0 Å². The predicted octanol–water partition coefficient (Wildman–Crippen LogP) is 4.80. The van der Waals surface area contributed by atoms with Gasteiger partial charge in [-0.25, -0.2) is 9.59 Å². The third-order valence-corrected chi connectivity index (χ3v) is 7.66. The summed E-state index contributed by atoms with van der Waals surface area (Å²) in [5.41, 5.74) is 3.53. The Hall–Kier alpha value is -3.35. The van der Waals surface area contributed by atoms with Crippen LogP contribution in [0, 0.1) is 5.92 Å².